The molecule has 0 bridgehead atoms. The average Bonchev–Trinajstić information content (AvgIpc) is 2.50. The van der Waals surface area contributed by atoms with Crippen molar-refractivity contribution in [2.75, 3.05) is 25.0 Å². The summed E-state index contributed by atoms with van der Waals surface area (Å²) >= 11 is 5.71. The van der Waals surface area contributed by atoms with Crippen LogP contribution in [0.15, 0.2) is 18.2 Å². The third-order valence-corrected chi connectivity index (χ3v) is 5.18. The minimum atomic E-state index is -0.494. The second-order valence-corrected chi connectivity index (χ2v) is 6.94. The Balaban J connectivity index is 1.53. The molecular formula is C17H22ClFN2O. The van der Waals surface area contributed by atoms with Crippen molar-refractivity contribution in [1.29, 1.82) is 0 Å². The Morgan fingerprint density at radius 3 is 2.82 bits per heavy atom. The van der Waals surface area contributed by atoms with E-state index in [0.717, 1.165) is 24.9 Å². The lowest BCUT2D eigenvalue weighted by Gasteiger charge is -2.41. The lowest BCUT2D eigenvalue weighted by atomic mass is 9.75. The molecular weight excluding hydrogens is 303 g/mol. The minimum Gasteiger partial charge on any atom is -0.322 e. The number of carbonyl (C=O) groups excluding carboxylic acids is 1. The average molecular weight is 325 g/mol. The quantitative estimate of drug-likeness (QED) is 0.913. The summed E-state index contributed by atoms with van der Waals surface area (Å²) in [5, 5.41) is 2.97. The van der Waals surface area contributed by atoms with Crippen LogP contribution in [0.25, 0.3) is 0 Å². The number of hydrogen-bond acceptors (Lipinski definition) is 2. The molecule has 1 aromatic carbocycles. The predicted octanol–water partition coefficient (Wildman–Crippen LogP) is 3.93. The maximum Gasteiger partial charge on any atom is 0.238 e. The SMILES string of the molecule is O=C(CN1CC[C@H]2CCCC[C@@H]2C1)Nc1ccc(Cl)cc1F. The zero-order chi connectivity index (χ0) is 15.5. The number of rotatable bonds is 3. The Hall–Kier alpha value is -1.13. The molecule has 120 valence electrons. The molecule has 5 heteroatoms. The molecule has 0 radical (unpaired) electrons. The number of nitrogens with one attached hydrogen (secondary N) is 1. The molecule has 2 aliphatic rings. The van der Waals surface area contributed by atoms with E-state index in [1.807, 2.05) is 0 Å². The van der Waals surface area contributed by atoms with E-state index < -0.39 is 5.82 Å². The second-order valence-electron chi connectivity index (χ2n) is 6.50. The summed E-state index contributed by atoms with van der Waals surface area (Å²) in [6.45, 7) is 2.31. The molecule has 1 heterocycles. The number of carbonyl (C=O) groups is 1. The van der Waals surface area contributed by atoms with Crippen molar-refractivity contribution < 1.29 is 9.18 Å². The topological polar surface area (TPSA) is 32.3 Å². The summed E-state index contributed by atoms with van der Waals surface area (Å²) in [6.07, 6.45) is 6.50. The zero-order valence-corrected chi connectivity index (χ0v) is 13.4. The largest absolute Gasteiger partial charge is 0.322 e. The van der Waals surface area contributed by atoms with E-state index >= 15 is 0 Å². The van der Waals surface area contributed by atoms with Gasteiger partial charge in [0, 0.05) is 11.6 Å². The highest BCUT2D eigenvalue weighted by atomic mass is 35.5. The fourth-order valence-corrected chi connectivity index (χ4v) is 3.96. The Morgan fingerprint density at radius 2 is 2.05 bits per heavy atom. The van der Waals surface area contributed by atoms with E-state index in [2.05, 4.69) is 10.2 Å². The highest BCUT2D eigenvalue weighted by Gasteiger charge is 2.31. The van der Waals surface area contributed by atoms with Crippen molar-refractivity contribution in [3.63, 3.8) is 0 Å². The minimum absolute atomic E-state index is 0.157. The van der Waals surface area contributed by atoms with Crippen LogP contribution < -0.4 is 5.32 Å². The van der Waals surface area contributed by atoms with Crippen LogP contribution in [0.4, 0.5) is 10.1 Å². The molecule has 1 aliphatic carbocycles. The summed E-state index contributed by atoms with van der Waals surface area (Å²) in [7, 11) is 0. The lowest BCUT2D eigenvalue weighted by Crippen LogP contribution is -2.44. The number of benzene rings is 1. The molecule has 1 N–H and O–H groups in total. The fraction of sp³-hybridized carbons (Fsp3) is 0.588. The molecule has 0 spiro atoms. The van der Waals surface area contributed by atoms with Gasteiger partial charge in [0.25, 0.3) is 0 Å². The van der Waals surface area contributed by atoms with Gasteiger partial charge in [0.05, 0.1) is 12.2 Å². The first-order valence-electron chi connectivity index (χ1n) is 8.09. The Kier molecular flexibility index (Phi) is 4.99. The number of nitrogens with zero attached hydrogens (tertiary/aromatic N) is 1. The van der Waals surface area contributed by atoms with E-state index in [1.54, 1.807) is 6.07 Å². The van der Waals surface area contributed by atoms with Crippen LogP contribution in [-0.2, 0) is 4.79 Å². The molecule has 2 fully saturated rings. The summed E-state index contributed by atoms with van der Waals surface area (Å²) < 4.78 is 13.7. The van der Waals surface area contributed by atoms with Crippen LogP contribution >= 0.6 is 11.6 Å². The maximum atomic E-state index is 13.7. The zero-order valence-electron chi connectivity index (χ0n) is 12.7. The number of likely N-dealkylation sites (tertiary alicyclic amines) is 1. The van der Waals surface area contributed by atoms with Gasteiger partial charge in [-0.15, -0.1) is 0 Å². The van der Waals surface area contributed by atoms with Gasteiger partial charge in [-0.1, -0.05) is 30.9 Å². The Labute approximate surface area is 135 Å². The second kappa shape index (κ2) is 6.97. The lowest BCUT2D eigenvalue weighted by molar-refractivity contribution is -0.118. The standard InChI is InChI=1S/C17H22ClFN2O/c18-14-5-6-16(15(19)9-14)20-17(22)11-21-8-7-12-3-1-2-4-13(12)10-21/h5-6,9,12-13H,1-4,7-8,10-11H2,(H,20,22)/t12-,13-/m1/s1. The number of anilines is 1. The summed E-state index contributed by atoms with van der Waals surface area (Å²) in [5.41, 5.74) is 0.196. The molecule has 3 rings (SSSR count). The number of piperidine rings is 1. The third-order valence-electron chi connectivity index (χ3n) is 4.95. The first-order valence-corrected chi connectivity index (χ1v) is 8.47. The molecule has 1 aliphatic heterocycles. The molecule has 2 atom stereocenters. The van der Waals surface area contributed by atoms with Crippen LogP contribution in [0.3, 0.4) is 0 Å². The van der Waals surface area contributed by atoms with Gasteiger partial charge in [-0.25, -0.2) is 4.39 Å². The van der Waals surface area contributed by atoms with Gasteiger partial charge in [-0.2, -0.15) is 0 Å². The van der Waals surface area contributed by atoms with Crippen molar-refractivity contribution >= 4 is 23.2 Å². The first kappa shape index (κ1) is 15.8. The summed E-state index contributed by atoms with van der Waals surface area (Å²) in [5.74, 6) is 0.937. The van der Waals surface area contributed by atoms with Gasteiger partial charge >= 0.3 is 0 Å². The maximum absolute atomic E-state index is 13.7. The van der Waals surface area contributed by atoms with Gasteiger partial charge < -0.3 is 5.32 Å². The van der Waals surface area contributed by atoms with E-state index in [0.29, 0.717) is 11.6 Å². The van der Waals surface area contributed by atoms with Crippen LogP contribution in [0.5, 0.6) is 0 Å². The summed E-state index contributed by atoms with van der Waals surface area (Å²) in [6, 6.07) is 4.29. The van der Waals surface area contributed by atoms with Crippen molar-refractivity contribution in [2.24, 2.45) is 11.8 Å². The number of fused-ring (bicyclic) bond motifs is 1. The molecule has 1 aromatic rings. The molecule has 1 amide bonds. The number of hydrogen-bond donors (Lipinski definition) is 1. The number of halogens is 2. The highest BCUT2D eigenvalue weighted by Crippen LogP contribution is 2.35. The van der Waals surface area contributed by atoms with Crippen LogP contribution in [0, 0.1) is 17.7 Å². The van der Waals surface area contributed by atoms with Gasteiger partial charge in [-0.05, 0) is 49.4 Å². The van der Waals surface area contributed by atoms with Crippen molar-refractivity contribution in [2.45, 2.75) is 32.1 Å². The normalized spacial score (nSPS) is 25.5. The molecule has 0 aromatic heterocycles. The fourth-order valence-electron chi connectivity index (χ4n) is 3.80. The Bertz CT molecular complexity index is 551. The smallest absolute Gasteiger partial charge is 0.238 e. The van der Waals surface area contributed by atoms with Gasteiger partial charge in [-0.3, -0.25) is 9.69 Å². The molecule has 1 saturated heterocycles. The van der Waals surface area contributed by atoms with Crippen LogP contribution in [-0.4, -0.2) is 30.4 Å². The first-order chi connectivity index (χ1) is 10.6. The monoisotopic (exact) mass is 324 g/mol. The van der Waals surface area contributed by atoms with Crippen molar-refractivity contribution in [3.8, 4) is 0 Å². The number of amides is 1. The van der Waals surface area contributed by atoms with Gasteiger partial charge in [0.15, 0.2) is 0 Å². The van der Waals surface area contributed by atoms with E-state index in [4.69, 9.17) is 11.6 Å². The van der Waals surface area contributed by atoms with Crippen molar-refractivity contribution in [1.82, 2.24) is 4.90 Å². The molecule has 0 unspecified atom stereocenters. The molecule has 3 nitrogen and oxygen atoms in total. The molecule has 22 heavy (non-hydrogen) atoms. The van der Waals surface area contributed by atoms with Gasteiger partial charge in [0.2, 0.25) is 5.91 Å². The van der Waals surface area contributed by atoms with E-state index in [1.165, 1.54) is 44.2 Å². The van der Waals surface area contributed by atoms with Crippen LogP contribution in [0.1, 0.15) is 32.1 Å². The van der Waals surface area contributed by atoms with E-state index in [-0.39, 0.29) is 11.6 Å². The third kappa shape index (κ3) is 3.79. The predicted molar refractivity (Wildman–Crippen MR) is 86.5 cm³/mol. The van der Waals surface area contributed by atoms with Crippen LogP contribution in [0.2, 0.25) is 5.02 Å². The van der Waals surface area contributed by atoms with E-state index in [9.17, 15) is 9.18 Å². The Morgan fingerprint density at radius 1 is 1.27 bits per heavy atom. The van der Waals surface area contributed by atoms with Gasteiger partial charge in [0.1, 0.15) is 5.82 Å². The highest BCUT2D eigenvalue weighted by molar-refractivity contribution is 6.30. The summed E-state index contributed by atoms with van der Waals surface area (Å²) in [4.78, 5) is 14.3. The molecule has 1 saturated carbocycles. The van der Waals surface area contributed by atoms with Crippen molar-refractivity contribution in [3.05, 3.63) is 29.0 Å².